The van der Waals surface area contributed by atoms with Gasteiger partial charge < -0.3 is 15.3 Å². The molecule has 1 fully saturated rings. The molecular formula is C12H17N3O2. The lowest BCUT2D eigenvalue weighted by molar-refractivity contribution is 0.191. The van der Waals surface area contributed by atoms with Gasteiger partial charge in [-0.05, 0) is 30.9 Å². The van der Waals surface area contributed by atoms with Gasteiger partial charge in [-0.15, -0.1) is 0 Å². The van der Waals surface area contributed by atoms with Crippen LogP contribution in [-0.4, -0.2) is 35.8 Å². The van der Waals surface area contributed by atoms with Crippen molar-refractivity contribution in [3.8, 4) is 0 Å². The highest BCUT2D eigenvalue weighted by Crippen LogP contribution is 2.21. The van der Waals surface area contributed by atoms with Crippen LogP contribution in [0.15, 0.2) is 24.5 Å². The molecule has 17 heavy (non-hydrogen) atoms. The van der Waals surface area contributed by atoms with Crippen LogP contribution in [0.3, 0.4) is 0 Å². The largest absolute Gasteiger partial charge is 0.465 e. The first kappa shape index (κ1) is 11.7. The van der Waals surface area contributed by atoms with Crippen molar-refractivity contribution >= 4 is 11.8 Å². The predicted octanol–water partition coefficient (Wildman–Crippen LogP) is 1.57. The number of nitrogens with one attached hydrogen (secondary N) is 1. The smallest absolute Gasteiger partial charge is 0.404 e. The Morgan fingerprint density at radius 3 is 2.88 bits per heavy atom. The number of rotatable bonds is 3. The first-order chi connectivity index (χ1) is 8.25. The maximum absolute atomic E-state index is 10.4. The van der Waals surface area contributed by atoms with Crippen LogP contribution in [0.1, 0.15) is 12.8 Å². The number of pyridine rings is 1. The third kappa shape index (κ3) is 3.34. The Morgan fingerprint density at radius 1 is 1.53 bits per heavy atom. The minimum atomic E-state index is -0.931. The molecule has 2 N–H and O–H groups in total. The Bertz CT molecular complexity index is 361. The van der Waals surface area contributed by atoms with Crippen molar-refractivity contribution in [2.75, 3.05) is 24.5 Å². The molecule has 0 atom stereocenters. The Balaban J connectivity index is 1.80. The summed E-state index contributed by atoms with van der Waals surface area (Å²) in [4.78, 5) is 16.8. The van der Waals surface area contributed by atoms with Gasteiger partial charge in [0.1, 0.15) is 0 Å². The fraction of sp³-hybridized carbons (Fsp3) is 0.500. The third-order valence-electron chi connectivity index (χ3n) is 3.17. The number of nitrogens with zero attached hydrogens (tertiary/aromatic N) is 2. The topological polar surface area (TPSA) is 65.5 Å². The zero-order valence-corrected chi connectivity index (χ0v) is 9.67. The van der Waals surface area contributed by atoms with Gasteiger partial charge in [0.05, 0.1) is 11.9 Å². The van der Waals surface area contributed by atoms with Crippen molar-refractivity contribution in [2.24, 2.45) is 5.92 Å². The molecule has 1 saturated heterocycles. The number of carboxylic acid groups (broad SMARTS) is 1. The highest BCUT2D eigenvalue weighted by Gasteiger charge is 2.19. The van der Waals surface area contributed by atoms with E-state index in [-0.39, 0.29) is 0 Å². The van der Waals surface area contributed by atoms with Crippen molar-refractivity contribution < 1.29 is 9.90 Å². The molecule has 2 rings (SSSR count). The highest BCUT2D eigenvalue weighted by atomic mass is 16.4. The van der Waals surface area contributed by atoms with Gasteiger partial charge in [0.25, 0.3) is 0 Å². The van der Waals surface area contributed by atoms with Crippen LogP contribution in [0, 0.1) is 5.92 Å². The molecule has 92 valence electrons. The van der Waals surface area contributed by atoms with E-state index in [9.17, 15) is 4.79 Å². The summed E-state index contributed by atoms with van der Waals surface area (Å²) in [7, 11) is 0. The third-order valence-corrected chi connectivity index (χ3v) is 3.17. The summed E-state index contributed by atoms with van der Waals surface area (Å²) in [6.45, 7) is 2.51. The minimum Gasteiger partial charge on any atom is -0.465 e. The quantitative estimate of drug-likeness (QED) is 0.834. The number of carbonyl (C=O) groups is 1. The zero-order chi connectivity index (χ0) is 12.1. The summed E-state index contributed by atoms with van der Waals surface area (Å²) >= 11 is 0. The molecule has 5 heteroatoms. The van der Waals surface area contributed by atoms with Gasteiger partial charge in [-0.1, -0.05) is 0 Å². The number of amides is 1. The second-order valence-electron chi connectivity index (χ2n) is 4.33. The summed E-state index contributed by atoms with van der Waals surface area (Å²) in [5, 5.41) is 11.0. The van der Waals surface area contributed by atoms with Crippen LogP contribution >= 0.6 is 0 Å². The van der Waals surface area contributed by atoms with Gasteiger partial charge >= 0.3 is 6.09 Å². The summed E-state index contributed by atoms with van der Waals surface area (Å²) < 4.78 is 0. The molecule has 0 unspecified atom stereocenters. The maximum atomic E-state index is 10.4. The number of hydrogen-bond acceptors (Lipinski definition) is 3. The number of aromatic nitrogens is 1. The van der Waals surface area contributed by atoms with Crippen molar-refractivity contribution in [2.45, 2.75) is 12.8 Å². The van der Waals surface area contributed by atoms with Crippen LogP contribution in [0.2, 0.25) is 0 Å². The standard InChI is InChI=1S/C12H17N3O2/c16-12(17)14-8-10-3-6-15(7-4-10)11-2-1-5-13-9-11/h1-2,5,9-10,14H,3-4,6-8H2,(H,16,17). The molecule has 1 aromatic heterocycles. The van der Waals surface area contributed by atoms with Crippen LogP contribution < -0.4 is 10.2 Å². The minimum absolute atomic E-state index is 0.457. The predicted molar refractivity (Wildman–Crippen MR) is 65.2 cm³/mol. The lowest BCUT2D eigenvalue weighted by Gasteiger charge is -2.33. The molecule has 1 aromatic rings. The molecule has 0 aliphatic carbocycles. The van der Waals surface area contributed by atoms with Crippen LogP contribution in [0.4, 0.5) is 10.5 Å². The van der Waals surface area contributed by atoms with Crippen LogP contribution in [-0.2, 0) is 0 Å². The number of hydrogen-bond donors (Lipinski definition) is 2. The molecule has 2 heterocycles. The average Bonchev–Trinajstić information content (AvgIpc) is 2.38. The fourth-order valence-electron chi connectivity index (χ4n) is 2.17. The molecule has 0 radical (unpaired) electrons. The lowest BCUT2D eigenvalue weighted by atomic mass is 9.96. The summed E-state index contributed by atoms with van der Waals surface area (Å²) in [5.74, 6) is 0.457. The van der Waals surface area contributed by atoms with Crippen LogP contribution in [0.25, 0.3) is 0 Å². The van der Waals surface area contributed by atoms with Crippen LogP contribution in [0.5, 0.6) is 0 Å². The Hall–Kier alpha value is -1.78. The van der Waals surface area contributed by atoms with E-state index in [4.69, 9.17) is 5.11 Å². The molecular weight excluding hydrogens is 218 g/mol. The van der Waals surface area contributed by atoms with Gasteiger partial charge in [-0.25, -0.2) is 4.79 Å². The van der Waals surface area contributed by atoms with Gasteiger partial charge in [0, 0.05) is 25.8 Å². The molecule has 0 saturated carbocycles. The molecule has 1 amide bonds. The van der Waals surface area contributed by atoms with Crippen molar-refractivity contribution in [3.63, 3.8) is 0 Å². The van der Waals surface area contributed by atoms with E-state index in [0.29, 0.717) is 12.5 Å². The molecule has 1 aliphatic rings. The summed E-state index contributed by atoms with van der Waals surface area (Å²) in [6, 6.07) is 4.00. The normalized spacial score (nSPS) is 16.8. The van der Waals surface area contributed by atoms with E-state index in [0.717, 1.165) is 31.6 Å². The highest BCUT2D eigenvalue weighted by molar-refractivity contribution is 5.64. The molecule has 5 nitrogen and oxygen atoms in total. The Kier molecular flexibility index (Phi) is 3.80. The Morgan fingerprint density at radius 2 is 2.29 bits per heavy atom. The second kappa shape index (κ2) is 5.52. The number of piperidine rings is 1. The lowest BCUT2D eigenvalue weighted by Crippen LogP contribution is -2.38. The molecule has 0 spiro atoms. The summed E-state index contributed by atoms with van der Waals surface area (Å²) in [5.41, 5.74) is 1.15. The Labute approximate surface area is 100 Å². The average molecular weight is 235 g/mol. The summed E-state index contributed by atoms with van der Waals surface area (Å²) in [6.07, 6.45) is 4.76. The van der Waals surface area contributed by atoms with E-state index >= 15 is 0 Å². The van der Waals surface area contributed by atoms with E-state index in [1.54, 1.807) is 6.20 Å². The molecule has 1 aliphatic heterocycles. The van der Waals surface area contributed by atoms with Crippen molar-refractivity contribution in [1.29, 1.82) is 0 Å². The molecule has 0 aromatic carbocycles. The fourth-order valence-corrected chi connectivity index (χ4v) is 2.17. The second-order valence-corrected chi connectivity index (χ2v) is 4.33. The first-order valence-electron chi connectivity index (χ1n) is 5.87. The zero-order valence-electron chi connectivity index (χ0n) is 9.67. The van der Waals surface area contributed by atoms with E-state index in [1.165, 1.54) is 0 Å². The van der Waals surface area contributed by atoms with E-state index in [1.807, 2.05) is 12.3 Å². The van der Waals surface area contributed by atoms with E-state index in [2.05, 4.69) is 21.3 Å². The van der Waals surface area contributed by atoms with E-state index < -0.39 is 6.09 Å². The van der Waals surface area contributed by atoms with Crippen molar-refractivity contribution in [3.05, 3.63) is 24.5 Å². The van der Waals surface area contributed by atoms with Gasteiger partial charge in [0.15, 0.2) is 0 Å². The SMILES string of the molecule is O=C(O)NCC1CCN(c2cccnc2)CC1. The monoisotopic (exact) mass is 235 g/mol. The molecule has 0 bridgehead atoms. The van der Waals surface area contributed by atoms with Crippen molar-refractivity contribution in [1.82, 2.24) is 10.3 Å². The number of anilines is 1. The van der Waals surface area contributed by atoms with Gasteiger partial charge in [-0.3, -0.25) is 4.98 Å². The maximum Gasteiger partial charge on any atom is 0.404 e. The first-order valence-corrected chi connectivity index (χ1v) is 5.87. The van der Waals surface area contributed by atoms with Gasteiger partial charge in [0.2, 0.25) is 0 Å². The van der Waals surface area contributed by atoms with Gasteiger partial charge in [-0.2, -0.15) is 0 Å².